The number of nitrogens with one attached hydrogen (secondary N) is 2. The standard InChI is InChI=1S/C20H17N5O/c1-14-10-11-21-25(14)17-9-5-8-16(12-17)22-20(26)19-13-18(23-24-19)15-6-3-2-4-7-15/h2-13H,1H3,(H,22,26)(H,23,24). The molecule has 0 atom stereocenters. The van der Waals surface area contributed by atoms with Crippen LogP contribution in [-0.2, 0) is 0 Å². The lowest BCUT2D eigenvalue weighted by Gasteiger charge is -2.08. The van der Waals surface area contributed by atoms with Gasteiger partial charge in [0.1, 0.15) is 5.69 Å². The van der Waals surface area contributed by atoms with Gasteiger partial charge in [0.05, 0.1) is 11.4 Å². The number of aryl methyl sites for hydroxylation is 1. The van der Waals surface area contributed by atoms with Crippen molar-refractivity contribution in [2.24, 2.45) is 0 Å². The Morgan fingerprint density at radius 2 is 1.88 bits per heavy atom. The molecule has 0 fully saturated rings. The average molecular weight is 343 g/mol. The summed E-state index contributed by atoms with van der Waals surface area (Å²) in [4.78, 5) is 12.5. The minimum atomic E-state index is -0.242. The Morgan fingerprint density at radius 1 is 1.04 bits per heavy atom. The normalized spacial score (nSPS) is 10.7. The van der Waals surface area contributed by atoms with E-state index >= 15 is 0 Å². The van der Waals surface area contributed by atoms with E-state index in [1.165, 1.54) is 0 Å². The van der Waals surface area contributed by atoms with Crippen molar-refractivity contribution in [2.45, 2.75) is 6.92 Å². The summed E-state index contributed by atoms with van der Waals surface area (Å²) in [6, 6.07) is 20.9. The highest BCUT2D eigenvalue weighted by Crippen LogP contribution is 2.19. The fourth-order valence-electron chi connectivity index (χ4n) is 2.75. The van der Waals surface area contributed by atoms with E-state index in [0.717, 1.165) is 22.6 Å². The molecular formula is C20H17N5O. The van der Waals surface area contributed by atoms with E-state index in [0.29, 0.717) is 11.4 Å². The Balaban J connectivity index is 1.54. The molecule has 4 rings (SSSR count). The minimum absolute atomic E-state index is 0.242. The molecule has 0 saturated carbocycles. The predicted octanol–water partition coefficient (Wildman–Crippen LogP) is 3.82. The van der Waals surface area contributed by atoms with Crippen molar-refractivity contribution < 1.29 is 4.79 Å². The number of aromatic amines is 1. The van der Waals surface area contributed by atoms with Crippen LogP contribution >= 0.6 is 0 Å². The monoisotopic (exact) mass is 343 g/mol. The van der Waals surface area contributed by atoms with Crippen LogP contribution in [0.5, 0.6) is 0 Å². The lowest BCUT2D eigenvalue weighted by molar-refractivity contribution is 0.102. The summed E-state index contributed by atoms with van der Waals surface area (Å²) in [6.45, 7) is 1.98. The van der Waals surface area contributed by atoms with Gasteiger partial charge in [0, 0.05) is 23.1 Å². The van der Waals surface area contributed by atoms with E-state index in [2.05, 4.69) is 20.6 Å². The van der Waals surface area contributed by atoms with Gasteiger partial charge in [-0.3, -0.25) is 9.89 Å². The molecule has 2 aromatic carbocycles. The van der Waals surface area contributed by atoms with Crippen LogP contribution in [0.3, 0.4) is 0 Å². The Bertz CT molecular complexity index is 1050. The van der Waals surface area contributed by atoms with Gasteiger partial charge in [0.2, 0.25) is 0 Å². The minimum Gasteiger partial charge on any atom is -0.321 e. The van der Waals surface area contributed by atoms with Crippen LogP contribution < -0.4 is 5.32 Å². The number of amides is 1. The van der Waals surface area contributed by atoms with Crippen LogP contribution in [-0.4, -0.2) is 25.9 Å². The molecule has 2 N–H and O–H groups in total. The summed E-state index contributed by atoms with van der Waals surface area (Å²) in [5.41, 5.74) is 4.70. The zero-order chi connectivity index (χ0) is 17.9. The summed E-state index contributed by atoms with van der Waals surface area (Å²) in [7, 11) is 0. The van der Waals surface area contributed by atoms with E-state index in [1.807, 2.05) is 72.3 Å². The van der Waals surface area contributed by atoms with Crippen molar-refractivity contribution in [3.63, 3.8) is 0 Å². The van der Waals surface area contributed by atoms with Gasteiger partial charge in [-0.15, -0.1) is 0 Å². The SMILES string of the molecule is Cc1ccnn1-c1cccc(NC(=O)c2cc(-c3ccccc3)n[nH]2)c1. The molecule has 0 spiro atoms. The molecule has 0 radical (unpaired) electrons. The fourth-order valence-corrected chi connectivity index (χ4v) is 2.75. The number of carbonyl (C=O) groups is 1. The summed E-state index contributed by atoms with van der Waals surface area (Å²) < 4.78 is 1.82. The molecule has 2 heterocycles. The van der Waals surface area contributed by atoms with Crippen molar-refractivity contribution in [2.75, 3.05) is 5.32 Å². The second-order valence-electron chi connectivity index (χ2n) is 5.92. The molecule has 0 bridgehead atoms. The number of carbonyl (C=O) groups excluding carboxylic acids is 1. The highest BCUT2D eigenvalue weighted by Gasteiger charge is 2.12. The smallest absolute Gasteiger partial charge is 0.273 e. The van der Waals surface area contributed by atoms with Crippen LogP contribution in [0.25, 0.3) is 16.9 Å². The first-order valence-corrected chi connectivity index (χ1v) is 8.24. The summed E-state index contributed by atoms with van der Waals surface area (Å²) in [5.74, 6) is -0.242. The van der Waals surface area contributed by atoms with E-state index in [1.54, 1.807) is 12.3 Å². The number of anilines is 1. The lowest BCUT2D eigenvalue weighted by atomic mass is 10.1. The first kappa shape index (κ1) is 15.8. The van der Waals surface area contributed by atoms with Gasteiger partial charge >= 0.3 is 0 Å². The molecule has 0 aliphatic rings. The number of benzene rings is 2. The van der Waals surface area contributed by atoms with Crippen LogP contribution in [0.15, 0.2) is 72.9 Å². The van der Waals surface area contributed by atoms with Crippen molar-refractivity contribution in [3.8, 4) is 16.9 Å². The Kier molecular flexibility index (Phi) is 4.07. The molecule has 1 amide bonds. The van der Waals surface area contributed by atoms with Gasteiger partial charge in [-0.05, 0) is 37.3 Å². The number of aromatic nitrogens is 4. The first-order chi connectivity index (χ1) is 12.7. The predicted molar refractivity (Wildman–Crippen MR) is 100 cm³/mol. The van der Waals surface area contributed by atoms with Gasteiger partial charge in [-0.2, -0.15) is 10.2 Å². The van der Waals surface area contributed by atoms with E-state index < -0.39 is 0 Å². The van der Waals surface area contributed by atoms with Crippen LogP contribution in [0.4, 0.5) is 5.69 Å². The highest BCUT2D eigenvalue weighted by molar-refractivity contribution is 6.03. The number of hydrogen-bond acceptors (Lipinski definition) is 3. The molecule has 26 heavy (non-hydrogen) atoms. The zero-order valence-corrected chi connectivity index (χ0v) is 14.2. The summed E-state index contributed by atoms with van der Waals surface area (Å²) >= 11 is 0. The Hall–Kier alpha value is -3.67. The van der Waals surface area contributed by atoms with E-state index in [4.69, 9.17) is 0 Å². The van der Waals surface area contributed by atoms with E-state index in [9.17, 15) is 4.79 Å². The van der Waals surface area contributed by atoms with Crippen molar-refractivity contribution in [1.82, 2.24) is 20.0 Å². The topological polar surface area (TPSA) is 75.6 Å². The third kappa shape index (κ3) is 3.12. The number of H-pyrrole nitrogens is 1. The number of hydrogen-bond donors (Lipinski definition) is 2. The quantitative estimate of drug-likeness (QED) is 0.591. The number of rotatable bonds is 4. The Morgan fingerprint density at radius 3 is 2.65 bits per heavy atom. The molecule has 128 valence electrons. The molecule has 0 aliphatic carbocycles. The van der Waals surface area contributed by atoms with Crippen molar-refractivity contribution >= 4 is 11.6 Å². The fraction of sp³-hybridized carbons (Fsp3) is 0.0500. The van der Waals surface area contributed by atoms with Crippen molar-refractivity contribution in [3.05, 3.63) is 84.3 Å². The maximum atomic E-state index is 12.5. The van der Waals surface area contributed by atoms with Crippen LogP contribution in [0.1, 0.15) is 16.2 Å². The average Bonchev–Trinajstić information content (AvgIpc) is 3.32. The van der Waals surface area contributed by atoms with Gasteiger partial charge < -0.3 is 5.32 Å². The van der Waals surface area contributed by atoms with Crippen LogP contribution in [0.2, 0.25) is 0 Å². The first-order valence-electron chi connectivity index (χ1n) is 8.24. The second kappa shape index (κ2) is 6.68. The molecule has 0 aliphatic heterocycles. The molecule has 4 aromatic rings. The largest absolute Gasteiger partial charge is 0.321 e. The van der Waals surface area contributed by atoms with Gasteiger partial charge in [-0.25, -0.2) is 4.68 Å². The number of nitrogens with zero attached hydrogens (tertiary/aromatic N) is 3. The molecule has 6 nitrogen and oxygen atoms in total. The zero-order valence-electron chi connectivity index (χ0n) is 14.2. The summed E-state index contributed by atoms with van der Waals surface area (Å²) in [6.07, 6.45) is 1.75. The molecule has 0 saturated heterocycles. The molecule has 2 aromatic heterocycles. The third-order valence-electron chi connectivity index (χ3n) is 4.07. The molecule has 0 unspecified atom stereocenters. The third-order valence-corrected chi connectivity index (χ3v) is 4.07. The van der Waals surface area contributed by atoms with E-state index in [-0.39, 0.29) is 5.91 Å². The Labute approximate surface area is 150 Å². The second-order valence-corrected chi connectivity index (χ2v) is 5.92. The van der Waals surface area contributed by atoms with Gasteiger partial charge in [-0.1, -0.05) is 36.4 Å². The lowest BCUT2D eigenvalue weighted by Crippen LogP contribution is -2.12. The summed E-state index contributed by atoms with van der Waals surface area (Å²) in [5, 5.41) is 14.2. The van der Waals surface area contributed by atoms with Gasteiger partial charge in [0.25, 0.3) is 5.91 Å². The van der Waals surface area contributed by atoms with Gasteiger partial charge in [0.15, 0.2) is 0 Å². The molecule has 6 heteroatoms. The maximum absolute atomic E-state index is 12.5. The van der Waals surface area contributed by atoms with Crippen LogP contribution in [0, 0.1) is 6.92 Å². The highest BCUT2D eigenvalue weighted by atomic mass is 16.1. The van der Waals surface area contributed by atoms with Crippen molar-refractivity contribution in [1.29, 1.82) is 0 Å². The molecular weight excluding hydrogens is 326 g/mol. The maximum Gasteiger partial charge on any atom is 0.273 e.